The Labute approximate surface area is 109 Å². The largest absolute Gasteiger partial charge is 0.459 e. The second-order valence-electron chi connectivity index (χ2n) is 5.98. The molecule has 18 heavy (non-hydrogen) atoms. The lowest BCUT2D eigenvalue weighted by Gasteiger charge is -2.19. The summed E-state index contributed by atoms with van der Waals surface area (Å²) in [7, 11) is 0. The highest BCUT2D eigenvalue weighted by Gasteiger charge is 2.19. The molecule has 0 spiro atoms. The highest BCUT2D eigenvalue weighted by molar-refractivity contribution is 5.86. The van der Waals surface area contributed by atoms with Gasteiger partial charge in [0.15, 0.2) is 0 Å². The molecule has 1 heterocycles. The fourth-order valence-corrected chi connectivity index (χ4v) is 2.45. The van der Waals surface area contributed by atoms with E-state index < -0.39 is 0 Å². The van der Waals surface area contributed by atoms with Crippen molar-refractivity contribution < 1.29 is 4.42 Å². The van der Waals surface area contributed by atoms with Crippen LogP contribution >= 0.6 is 0 Å². The molecule has 0 fully saturated rings. The van der Waals surface area contributed by atoms with E-state index in [0.29, 0.717) is 6.54 Å². The van der Waals surface area contributed by atoms with Gasteiger partial charge in [0, 0.05) is 10.9 Å². The number of aryl methyl sites for hydroxylation is 2. The fraction of sp³-hybridized carbons (Fsp3) is 0.500. The third-order valence-electron chi connectivity index (χ3n) is 3.57. The van der Waals surface area contributed by atoms with Crippen molar-refractivity contribution in [1.29, 1.82) is 0 Å². The quantitative estimate of drug-likeness (QED) is 0.866. The van der Waals surface area contributed by atoms with Gasteiger partial charge < -0.3 is 10.2 Å². The number of hydrogen-bond acceptors (Lipinski definition) is 2. The van der Waals surface area contributed by atoms with Gasteiger partial charge in [0.05, 0.1) is 6.54 Å². The summed E-state index contributed by atoms with van der Waals surface area (Å²) in [5, 5.41) is 1.24. The second kappa shape index (κ2) is 4.43. The number of nitrogens with two attached hydrogens (primary N) is 1. The van der Waals surface area contributed by atoms with Crippen molar-refractivity contribution in [3.8, 4) is 0 Å². The van der Waals surface area contributed by atoms with Crippen LogP contribution in [0, 0.1) is 6.92 Å². The normalized spacial score (nSPS) is 12.3. The average molecular weight is 245 g/mol. The average Bonchev–Trinajstić information content (AvgIpc) is 2.65. The van der Waals surface area contributed by atoms with E-state index >= 15 is 0 Å². The van der Waals surface area contributed by atoms with Crippen LogP contribution in [0.2, 0.25) is 0 Å². The van der Waals surface area contributed by atoms with Gasteiger partial charge in [0.2, 0.25) is 0 Å². The molecule has 1 aromatic heterocycles. The van der Waals surface area contributed by atoms with Crippen molar-refractivity contribution in [3.05, 3.63) is 34.6 Å². The predicted octanol–water partition coefficient (Wildman–Crippen LogP) is 4.06. The van der Waals surface area contributed by atoms with Gasteiger partial charge in [-0.15, -0.1) is 0 Å². The topological polar surface area (TPSA) is 39.2 Å². The smallest absolute Gasteiger partial charge is 0.137 e. The highest BCUT2D eigenvalue weighted by atomic mass is 16.3. The van der Waals surface area contributed by atoms with Gasteiger partial charge in [0.1, 0.15) is 11.3 Å². The van der Waals surface area contributed by atoms with E-state index in [2.05, 4.69) is 46.8 Å². The molecule has 2 N–H and O–H groups in total. The van der Waals surface area contributed by atoms with Crippen molar-refractivity contribution in [2.24, 2.45) is 5.73 Å². The van der Waals surface area contributed by atoms with E-state index in [1.165, 1.54) is 22.1 Å². The van der Waals surface area contributed by atoms with Crippen LogP contribution < -0.4 is 5.73 Å². The Balaban J connectivity index is 2.78. The third-order valence-corrected chi connectivity index (χ3v) is 3.57. The minimum Gasteiger partial charge on any atom is -0.459 e. The predicted molar refractivity (Wildman–Crippen MR) is 76.9 cm³/mol. The summed E-state index contributed by atoms with van der Waals surface area (Å²) in [5.74, 6) is 0.932. The van der Waals surface area contributed by atoms with Crippen LogP contribution in [0.1, 0.15) is 50.1 Å². The number of fused-ring (bicyclic) bond motifs is 1. The molecule has 0 atom stereocenters. The third kappa shape index (κ3) is 2.05. The van der Waals surface area contributed by atoms with E-state index in [1.54, 1.807) is 0 Å². The first-order valence-electron chi connectivity index (χ1n) is 6.64. The minimum absolute atomic E-state index is 0.157. The number of rotatable bonds is 2. The van der Waals surface area contributed by atoms with Crippen molar-refractivity contribution >= 4 is 11.0 Å². The maximum absolute atomic E-state index is 5.91. The van der Waals surface area contributed by atoms with Crippen LogP contribution in [0.15, 0.2) is 16.5 Å². The molecule has 2 aromatic rings. The maximum Gasteiger partial charge on any atom is 0.137 e. The highest BCUT2D eigenvalue weighted by Crippen LogP contribution is 2.33. The van der Waals surface area contributed by atoms with Crippen molar-refractivity contribution in [2.45, 2.75) is 53.0 Å². The van der Waals surface area contributed by atoms with Crippen LogP contribution in [0.3, 0.4) is 0 Å². The molecule has 0 aliphatic rings. The number of benzene rings is 1. The van der Waals surface area contributed by atoms with E-state index in [9.17, 15) is 0 Å². The minimum atomic E-state index is 0.157. The van der Waals surface area contributed by atoms with Crippen LogP contribution in [-0.2, 0) is 18.4 Å². The van der Waals surface area contributed by atoms with E-state index in [0.717, 1.165) is 17.8 Å². The molecule has 0 radical (unpaired) electrons. The summed E-state index contributed by atoms with van der Waals surface area (Å²) in [6.07, 6.45) is 0.965. The van der Waals surface area contributed by atoms with Gasteiger partial charge >= 0.3 is 0 Å². The van der Waals surface area contributed by atoms with Crippen molar-refractivity contribution in [2.75, 3.05) is 0 Å². The molecule has 0 amide bonds. The Kier molecular flexibility index (Phi) is 3.24. The van der Waals surface area contributed by atoms with Crippen LogP contribution in [0.4, 0.5) is 0 Å². The van der Waals surface area contributed by atoms with Gasteiger partial charge in [-0.2, -0.15) is 0 Å². The number of furan rings is 1. The SMILES string of the molecule is CCc1c(CN)oc2c(C)cc(C(C)(C)C)cc12. The second-order valence-corrected chi connectivity index (χ2v) is 5.98. The van der Waals surface area contributed by atoms with Gasteiger partial charge in [-0.3, -0.25) is 0 Å². The molecule has 2 heteroatoms. The van der Waals surface area contributed by atoms with Crippen molar-refractivity contribution in [1.82, 2.24) is 0 Å². The summed E-state index contributed by atoms with van der Waals surface area (Å²) in [5.41, 5.74) is 10.7. The Hall–Kier alpha value is -1.28. The monoisotopic (exact) mass is 245 g/mol. The Morgan fingerprint density at radius 2 is 1.89 bits per heavy atom. The Bertz CT molecular complexity index is 573. The van der Waals surface area contributed by atoms with E-state index in [-0.39, 0.29) is 5.41 Å². The molecular formula is C16H23NO. The molecule has 0 saturated carbocycles. The number of hydrogen-bond donors (Lipinski definition) is 1. The zero-order valence-corrected chi connectivity index (χ0v) is 12.1. The molecule has 0 aliphatic carbocycles. The maximum atomic E-state index is 5.91. The molecular weight excluding hydrogens is 222 g/mol. The Morgan fingerprint density at radius 3 is 2.39 bits per heavy atom. The van der Waals surface area contributed by atoms with E-state index in [1.807, 2.05) is 0 Å². The molecule has 2 nitrogen and oxygen atoms in total. The molecule has 1 aromatic carbocycles. The van der Waals surface area contributed by atoms with Crippen LogP contribution in [0.5, 0.6) is 0 Å². The molecule has 0 saturated heterocycles. The molecule has 0 bridgehead atoms. The van der Waals surface area contributed by atoms with Gasteiger partial charge in [-0.25, -0.2) is 0 Å². The zero-order valence-electron chi connectivity index (χ0n) is 12.1. The van der Waals surface area contributed by atoms with Crippen LogP contribution in [-0.4, -0.2) is 0 Å². The summed E-state index contributed by atoms with van der Waals surface area (Å²) in [6.45, 7) is 11.5. The molecule has 98 valence electrons. The lowest BCUT2D eigenvalue weighted by Crippen LogP contribution is -2.11. The first-order chi connectivity index (χ1) is 8.38. The summed E-state index contributed by atoms with van der Waals surface area (Å²) >= 11 is 0. The molecule has 0 unspecified atom stereocenters. The summed E-state index contributed by atoms with van der Waals surface area (Å²) in [6, 6.07) is 4.50. The lowest BCUT2D eigenvalue weighted by molar-refractivity contribution is 0.544. The first kappa shape index (κ1) is 13.2. The molecule has 0 aliphatic heterocycles. The summed E-state index contributed by atoms with van der Waals surface area (Å²) in [4.78, 5) is 0. The standard InChI is InChI=1S/C16H23NO/c1-6-12-13-8-11(16(3,4)5)7-10(2)15(13)18-14(12)9-17/h7-8H,6,9,17H2,1-5H3. The zero-order chi connectivity index (χ0) is 13.5. The first-order valence-corrected chi connectivity index (χ1v) is 6.64. The lowest BCUT2D eigenvalue weighted by atomic mass is 9.85. The molecule has 2 rings (SSSR count). The van der Waals surface area contributed by atoms with Crippen LogP contribution in [0.25, 0.3) is 11.0 Å². The van der Waals surface area contributed by atoms with Gasteiger partial charge in [0.25, 0.3) is 0 Å². The fourth-order valence-electron chi connectivity index (χ4n) is 2.45. The van der Waals surface area contributed by atoms with E-state index in [4.69, 9.17) is 10.2 Å². The summed E-state index contributed by atoms with van der Waals surface area (Å²) < 4.78 is 5.91. The van der Waals surface area contributed by atoms with Crippen molar-refractivity contribution in [3.63, 3.8) is 0 Å². The van der Waals surface area contributed by atoms with Gasteiger partial charge in [-0.1, -0.05) is 33.8 Å². The Morgan fingerprint density at radius 1 is 1.22 bits per heavy atom. The van der Waals surface area contributed by atoms with Gasteiger partial charge in [-0.05, 0) is 36.0 Å².